The van der Waals surface area contributed by atoms with Crippen molar-refractivity contribution in [2.75, 3.05) is 28.2 Å². The van der Waals surface area contributed by atoms with Gasteiger partial charge in [-0.2, -0.15) is 0 Å². The summed E-state index contributed by atoms with van der Waals surface area (Å²) >= 11 is 0. The minimum Gasteiger partial charge on any atom is -0.465 e. The van der Waals surface area contributed by atoms with Crippen LogP contribution in [-0.4, -0.2) is 82.5 Å². The second kappa shape index (κ2) is 17.4. The molecule has 0 bridgehead atoms. The van der Waals surface area contributed by atoms with Crippen molar-refractivity contribution in [1.82, 2.24) is 19.6 Å². The van der Waals surface area contributed by atoms with Gasteiger partial charge in [0, 0.05) is 65.5 Å². The van der Waals surface area contributed by atoms with Gasteiger partial charge in [-0.1, -0.05) is 121 Å². The smallest absolute Gasteiger partial charge is 0.410 e. The number of benzene rings is 8. The molecule has 0 unspecified atom stereocenters. The van der Waals surface area contributed by atoms with E-state index in [4.69, 9.17) is 4.74 Å². The van der Waals surface area contributed by atoms with Gasteiger partial charge >= 0.3 is 12.2 Å². The molecule has 0 atom stereocenters. The van der Waals surface area contributed by atoms with Crippen LogP contribution in [0.4, 0.5) is 9.59 Å². The number of hydrogen-bond donors (Lipinski definition) is 1. The highest BCUT2D eigenvalue weighted by atomic mass is 16.6. The lowest BCUT2D eigenvalue weighted by molar-refractivity contribution is 0.0286. The highest BCUT2D eigenvalue weighted by Crippen LogP contribution is 2.37. The Labute approximate surface area is 372 Å². The molecule has 1 N–H and O–H groups in total. The van der Waals surface area contributed by atoms with E-state index < -0.39 is 17.8 Å². The zero-order valence-electron chi connectivity index (χ0n) is 37.3. The number of ether oxygens (including phenoxy) is 1. The van der Waals surface area contributed by atoms with Crippen molar-refractivity contribution in [2.45, 2.75) is 52.6 Å². The van der Waals surface area contributed by atoms with Crippen LogP contribution < -0.4 is 0 Å². The fourth-order valence-electron chi connectivity index (χ4n) is 8.95. The van der Waals surface area contributed by atoms with Crippen molar-refractivity contribution < 1.29 is 29.0 Å². The molecule has 8 rings (SSSR count). The molecule has 10 heteroatoms. The summed E-state index contributed by atoms with van der Waals surface area (Å²) in [7, 11) is 6.90. The Morgan fingerprint density at radius 1 is 0.406 bits per heavy atom. The number of carboxylic acid groups (broad SMARTS) is 1. The number of carbonyl (C=O) groups is 4. The summed E-state index contributed by atoms with van der Waals surface area (Å²) in [5, 5.41) is 18.8. The Kier molecular flexibility index (Phi) is 11.7. The molecule has 0 spiro atoms. The van der Waals surface area contributed by atoms with Gasteiger partial charge in [-0.15, -0.1) is 0 Å². The number of fused-ring (bicyclic) bond motifs is 5. The van der Waals surface area contributed by atoms with Crippen LogP contribution in [0.2, 0.25) is 0 Å². The van der Waals surface area contributed by atoms with Gasteiger partial charge in [0.15, 0.2) is 0 Å². The zero-order valence-corrected chi connectivity index (χ0v) is 37.3. The first-order chi connectivity index (χ1) is 30.6. The van der Waals surface area contributed by atoms with E-state index in [-0.39, 0.29) is 18.4 Å². The summed E-state index contributed by atoms with van der Waals surface area (Å²) < 4.78 is 5.68. The summed E-state index contributed by atoms with van der Waals surface area (Å²) in [6.07, 6.45) is -1.41. The summed E-state index contributed by atoms with van der Waals surface area (Å²) in [4.78, 5) is 60.4. The van der Waals surface area contributed by atoms with E-state index in [1.54, 1.807) is 55.0 Å². The lowest BCUT2D eigenvalue weighted by Gasteiger charge is -2.27. The van der Waals surface area contributed by atoms with Gasteiger partial charge in [-0.25, -0.2) is 9.59 Å². The second-order valence-electron chi connectivity index (χ2n) is 17.6. The number of rotatable bonds is 10. The Morgan fingerprint density at radius 3 is 0.922 bits per heavy atom. The number of hydrogen-bond acceptors (Lipinski definition) is 5. The van der Waals surface area contributed by atoms with Gasteiger partial charge < -0.3 is 29.4 Å². The van der Waals surface area contributed by atoms with Gasteiger partial charge in [0.25, 0.3) is 11.8 Å². The maximum atomic E-state index is 14.6. The molecule has 64 heavy (non-hydrogen) atoms. The maximum Gasteiger partial charge on any atom is 0.410 e. The average Bonchev–Trinajstić information content (AvgIpc) is 3.29. The molecule has 0 aliphatic carbocycles. The molecule has 0 aliphatic heterocycles. The van der Waals surface area contributed by atoms with Crippen LogP contribution in [0.25, 0.3) is 53.9 Å². The molecule has 0 fully saturated rings. The number of carbonyl (C=O) groups excluding carboxylic acids is 3. The van der Waals surface area contributed by atoms with Gasteiger partial charge in [0.2, 0.25) is 0 Å². The molecular formula is C54H52N4O6. The van der Waals surface area contributed by atoms with Crippen LogP contribution in [0.1, 0.15) is 63.7 Å². The molecule has 0 saturated heterocycles. The largest absolute Gasteiger partial charge is 0.465 e. The third-order valence-corrected chi connectivity index (χ3v) is 12.0. The lowest BCUT2D eigenvalue weighted by Crippen LogP contribution is -2.34. The summed E-state index contributed by atoms with van der Waals surface area (Å²) in [6.45, 7) is 6.72. The van der Waals surface area contributed by atoms with E-state index in [9.17, 15) is 24.3 Å². The third kappa shape index (κ3) is 8.26. The molecule has 0 aliphatic rings. The SMILES string of the molecule is CN(Cc1c2ccccc2c(CN(C)C(=O)c2ccc(C(=O)N(C)Cc3c4ccccc4c(CN(C)C(=O)OC(C)(C)C)c4ccccc34)c3ccccc23)c2ccccc12)C(=O)O. The minimum atomic E-state index is -1.01. The van der Waals surface area contributed by atoms with Crippen LogP contribution in [-0.2, 0) is 30.9 Å². The molecule has 324 valence electrons. The normalized spacial score (nSPS) is 11.6. The second-order valence-corrected chi connectivity index (χ2v) is 17.6. The Bertz CT molecular complexity index is 3040. The van der Waals surface area contributed by atoms with Crippen LogP contribution in [0.15, 0.2) is 133 Å². The lowest BCUT2D eigenvalue weighted by atomic mass is 9.91. The van der Waals surface area contributed by atoms with E-state index in [2.05, 4.69) is 24.3 Å². The molecule has 0 saturated carbocycles. The predicted octanol–water partition coefficient (Wildman–Crippen LogP) is 11.5. The Balaban J connectivity index is 1.11. The van der Waals surface area contributed by atoms with Crippen LogP contribution >= 0.6 is 0 Å². The van der Waals surface area contributed by atoms with Crippen molar-refractivity contribution >= 4 is 77.9 Å². The molecule has 8 aromatic rings. The van der Waals surface area contributed by atoms with Crippen LogP contribution in [0, 0.1) is 0 Å². The van der Waals surface area contributed by atoms with Crippen molar-refractivity contribution in [3.8, 4) is 0 Å². The highest BCUT2D eigenvalue weighted by molar-refractivity contribution is 6.15. The molecular weight excluding hydrogens is 801 g/mol. The summed E-state index contributed by atoms with van der Waals surface area (Å²) in [5.74, 6) is -0.376. The topological polar surface area (TPSA) is 111 Å². The molecule has 0 radical (unpaired) electrons. The Hall–Kier alpha value is -7.46. The predicted molar refractivity (Wildman–Crippen MR) is 256 cm³/mol. The molecule has 0 heterocycles. The maximum absolute atomic E-state index is 14.6. The van der Waals surface area contributed by atoms with E-state index >= 15 is 0 Å². The van der Waals surface area contributed by atoms with E-state index in [0.717, 1.165) is 65.3 Å². The van der Waals surface area contributed by atoms with Crippen molar-refractivity contribution in [2.24, 2.45) is 0 Å². The highest BCUT2D eigenvalue weighted by Gasteiger charge is 2.26. The Morgan fingerprint density at radius 2 is 0.656 bits per heavy atom. The van der Waals surface area contributed by atoms with Crippen LogP contribution in [0.3, 0.4) is 0 Å². The number of amides is 4. The van der Waals surface area contributed by atoms with Crippen molar-refractivity contribution in [3.05, 3.63) is 167 Å². The van der Waals surface area contributed by atoms with Gasteiger partial charge in [0.05, 0.1) is 0 Å². The fraction of sp³-hybridized carbons (Fsp3) is 0.222. The zero-order chi connectivity index (χ0) is 45.4. The molecule has 4 amide bonds. The van der Waals surface area contributed by atoms with Crippen molar-refractivity contribution in [1.29, 1.82) is 0 Å². The van der Waals surface area contributed by atoms with Gasteiger partial charge in [-0.3, -0.25) is 9.59 Å². The van der Waals surface area contributed by atoms with E-state index in [1.165, 1.54) is 4.90 Å². The molecule has 0 aromatic heterocycles. The molecule has 8 aromatic carbocycles. The summed E-state index contributed by atoms with van der Waals surface area (Å²) in [6, 6.07) is 43.1. The first-order valence-corrected chi connectivity index (χ1v) is 21.4. The third-order valence-electron chi connectivity index (χ3n) is 12.0. The molecule has 10 nitrogen and oxygen atoms in total. The van der Waals surface area contributed by atoms with Gasteiger partial charge in [0.1, 0.15) is 5.60 Å². The first-order valence-electron chi connectivity index (χ1n) is 21.4. The quantitative estimate of drug-likeness (QED) is 0.137. The minimum absolute atomic E-state index is 0.183. The summed E-state index contributed by atoms with van der Waals surface area (Å²) in [5.41, 5.74) is 4.20. The standard InChI is InChI=1S/C54H52N4O6/c1-54(2,3)64-53(63)58(7)33-49-42-26-16-12-22-38(42)47(39-23-13-17-27-43(39)49)31-56(5)51(60)45-29-28-44(34-18-8-9-19-35(34)45)50(59)55(4)30-46-36-20-10-14-24-40(36)48(32-57(6)52(61)62)41-25-15-11-21-37(41)46/h8-29H,30-33H2,1-7H3,(H,61,62). The monoisotopic (exact) mass is 852 g/mol. The number of nitrogens with zero attached hydrogens (tertiary/aromatic N) is 4. The fourth-order valence-corrected chi connectivity index (χ4v) is 8.95. The van der Waals surface area contributed by atoms with E-state index in [1.807, 2.05) is 118 Å². The van der Waals surface area contributed by atoms with Gasteiger partial charge in [-0.05, 0) is 109 Å². The average molecular weight is 853 g/mol. The van der Waals surface area contributed by atoms with Crippen molar-refractivity contribution in [3.63, 3.8) is 0 Å². The van der Waals surface area contributed by atoms with E-state index in [0.29, 0.717) is 41.5 Å². The van der Waals surface area contributed by atoms with Crippen LogP contribution in [0.5, 0.6) is 0 Å². The first kappa shape index (κ1) is 43.2.